The molecule has 1 heterocycles. The highest BCUT2D eigenvalue weighted by atomic mass is 32.1. The Bertz CT molecular complexity index is 521. The Labute approximate surface area is 116 Å². The van der Waals surface area contributed by atoms with Crippen LogP contribution in [-0.2, 0) is 4.79 Å². The van der Waals surface area contributed by atoms with E-state index >= 15 is 0 Å². The van der Waals surface area contributed by atoms with Gasteiger partial charge in [-0.2, -0.15) is 0 Å². The molecule has 1 aromatic rings. The zero-order valence-electron chi connectivity index (χ0n) is 11.0. The van der Waals surface area contributed by atoms with Crippen molar-refractivity contribution in [2.24, 2.45) is 11.8 Å². The van der Waals surface area contributed by atoms with Gasteiger partial charge in [0.05, 0.1) is 4.88 Å². The first-order valence-corrected chi connectivity index (χ1v) is 7.05. The van der Waals surface area contributed by atoms with Crippen molar-refractivity contribution in [3.63, 3.8) is 0 Å². The van der Waals surface area contributed by atoms with Crippen LogP contribution in [0.25, 0.3) is 6.08 Å². The van der Waals surface area contributed by atoms with Crippen molar-refractivity contribution in [2.75, 3.05) is 13.6 Å². The molecule has 0 radical (unpaired) electrons. The minimum Gasteiger partial charge on any atom is -0.478 e. The van der Waals surface area contributed by atoms with Gasteiger partial charge in [0.15, 0.2) is 0 Å². The van der Waals surface area contributed by atoms with Crippen molar-refractivity contribution in [1.82, 2.24) is 4.90 Å². The van der Waals surface area contributed by atoms with Crippen molar-refractivity contribution in [3.8, 4) is 0 Å². The summed E-state index contributed by atoms with van der Waals surface area (Å²) in [6.07, 6.45) is 3.79. The van der Waals surface area contributed by atoms with E-state index in [-0.39, 0.29) is 5.91 Å². The molecule has 0 spiro atoms. The third-order valence-corrected chi connectivity index (χ3v) is 4.40. The smallest absolute Gasteiger partial charge is 0.328 e. The Morgan fingerprint density at radius 1 is 1.53 bits per heavy atom. The normalized spacial score (nSPS) is 21.6. The molecule has 2 rings (SSSR count). The monoisotopic (exact) mass is 279 g/mol. The van der Waals surface area contributed by atoms with E-state index in [9.17, 15) is 9.59 Å². The van der Waals surface area contributed by atoms with Gasteiger partial charge in [0, 0.05) is 24.5 Å². The molecule has 1 N–H and O–H groups in total. The fourth-order valence-corrected chi connectivity index (χ4v) is 2.89. The van der Waals surface area contributed by atoms with Crippen molar-refractivity contribution >= 4 is 29.3 Å². The molecule has 1 amide bonds. The first-order valence-electron chi connectivity index (χ1n) is 6.23. The Balaban J connectivity index is 1.97. The maximum atomic E-state index is 12.2. The second-order valence-corrected chi connectivity index (χ2v) is 6.15. The van der Waals surface area contributed by atoms with E-state index in [0.29, 0.717) is 10.8 Å². The molecule has 19 heavy (non-hydrogen) atoms. The van der Waals surface area contributed by atoms with Crippen LogP contribution in [0.4, 0.5) is 0 Å². The minimum atomic E-state index is -0.985. The van der Waals surface area contributed by atoms with Crippen molar-refractivity contribution < 1.29 is 14.7 Å². The Morgan fingerprint density at radius 2 is 2.21 bits per heavy atom. The lowest BCUT2D eigenvalue weighted by molar-refractivity contribution is -0.131. The van der Waals surface area contributed by atoms with Gasteiger partial charge in [-0.05, 0) is 36.5 Å². The summed E-state index contributed by atoms with van der Waals surface area (Å²) in [6, 6.07) is 3.52. The number of amides is 1. The van der Waals surface area contributed by atoms with Gasteiger partial charge in [0.25, 0.3) is 5.91 Å². The molecule has 1 fully saturated rings. The van der Waals surface area contributed by atoms with Gasteiger partial charge in [-0.25, -0.2) is 4.79 Å². The molecule has 1 aliphatic carbocycles. The third kappa shape index (κ3) is 3.67. The second kappa shape index (κ2) is 5.57. The summed E-state index contributed by atoms with van der Waals surface area (Å²) in [5.74, 6) is 0.396. The van der Waals surface area contributed by atoms with Crippen LogP contribution in [0.2, 0.25) is 0 Å². The zero-order chi connectivity index (χ0) is 14.0. The Hall–Kier alpha value is -1.62. The maximum Gasteiger partial charge on any atom is 0.328 e. The molecule has 0 saturated heterocycles. The Morgan fingerprint density at radius 3 is 2.79 bits per heavy atom. The lowest BCUT2D eigenvalue weighted by Crippen LogP contribution is -2.28. The van der Waals surface area contributed by atoms with Crippen LogP contribution in [0.5, 0.6) is 0 Å². The van der Waals surface area contributed by atoms with Crippen LogP contribution in [0.3, 0.4) is 0 Å². The predicted molar refractivity (Wildman–Crippen MR) is 75.2 cm³/mol. The van der Waals surface area contributed by atoms with Gasteiger partial charge in [-0.3, -0.25) is 4.79 Å². The summed E-state index contributed by atoms with van der Waals surface area (Å²) in [5, 5.41) is 8.55. The minimum absolute atomic E-state index is 0.0130. The molecule has 2 unspecified atom stereocenters. The summed E-state index contributed by atoms with van der Waals surface area (Å²) in [5.41, 5.74) is 0. The second-order valence-electron chi connectivity index (χ2n) is 5.03. The van der Waals surface area contributed by atoms with Gasteiger partial charge < -0.3 is 10.0 Å². The number of aliphatic carboxylic acids is 1. The van der Waals surface area contributed by atoms with Crippen LogP contribution in [0.1, 0.15) is 27.9 Å². The molecular formula is C14H17NO3S. The molecular weight excluding hydrogens is 262 g/mol. The van der Waals surface area contributed by atoms with E-state index in [4.69, 9.17) is 5.11 Å². The predicted octanol–water partition coefficient (Wildman–Crippen LogP) is 2.57. The first kappa shape index (κ1) is 13.8. The van der Waals surface area contributed by atoms with Gasteiger partial charge in [-0.1, -0.05) is 6.92 Å². The van der Waals surface area contributed by atoms with Crippen LogP contribution < -0.4 is 0 Å². The number of hydrogen-bond acceptors (Lipinski definition) is 3. The van der Waals surface area contributed by atoms with Gasteiger partial charge in [-0.15, -0.1) is 11.3 Å². The highest BCUT2D eigenvalue weighted by Crippen LogP contribution is 2.38. The molecule has 0 aromatic carbocycles. The number of nitrogens with zero attached hydrogens (tertiary/aromatic N) is 1. The standard InChI is InChI=1S/C14H17NO3S/c1-9-7-10(9)8-15(2)14(18)12-5-3-11(19-12)4-6-13(16)17/h3-6,9-10H,7-8H2,1-2H3,(H,16,17). The lowest BCUT2D eigenvalue weighted by Gasteiger charge is -2.15. The molecule has 102 valence electrons. The molecule has 5 heteroatoms. The number of carboxylic acid groups (broad SMARTS) is 1. The van der Waals surface area contributed by atoms with Crippen LogP contribution in [0, 0.1) is 11.8 Å². The van der Waals surface area contributed by atoms with E-state index in [1.54, 1.807) is 17.0 Å². The summed E-state index contributed by atoms with van der Waals surface area (Å²) in [7, 11) is 1.82. The van der Waals surface area contributed by atoms with E-state index in [1.807, 2.05) is 7.05 Å². The number of carbonyl (C=O) groups is 2. The number of thiophene rings is 1. The molecule has 1 saturated carbocycles. The molecule has 2 atom stereocenters. The van der Waals surface area contributed by atoms with Crippen LogP contribution >= 0.6 is 11.3 Å². The topological polar surface area (TPSA) is 57.6 Å². The summed E-state index contributed by atoms with van der Waals surface area (Å²) in [4.78, 5) is 25.8. The van der Waals surface area contributed by atoms with E-state index in [0.717, 1.165) is 23.4 Å². The fraction of sp³-hybridized carbons (Fsp3) is 0.429. The molecule has 0 aliphatic heterocycles. The van der Waals surface area contributed by atoms with Gasteiger partial charge in [0.2, 0.25) is 0 Å². The first-order chi connectivity index (χ1) is 8.97. The summed E-state index contributed by atoms with van der Waals surface area (Å²) < 4.78 is 0. The largest absolute Gasteiger partial charge is 0.478 e. The highest BCUT2D eigenvalue weighted by Gasteiger charge is 2.34. The average Bonchev–Trinajstić information content (AvgIpc) is 2.88. The quantitative estimate of drug-likeness (QED) is 0.843. The molecule has 0 bridgehead atoms. The molecule has 1 aromatic heterocycles. The molecule has 1 aliphatic rings. The number of carbonyl (C=O) groups excluding carboxylic acids is 1. The van der Waals surface area contributed by atoms with E-state index in [1.165, 1.54) is 23.8 Å². The van der Waals surface area contributed by atoms with Crippen LogP contribution in [0.15, 0.2) is 18.2 Å². The van der Waals surface area contributed by atoms with Crippen LogP contribution in [-0.4, -0.2) is 35.5 Å². The zero-order valence-corrected chi connectivity index (χ0v) is 11.8. The average molecular weight is 279 g/mol. The molecule has 4 nitrogen and oxygen atoms in total. The number of hydrogen-bond donors (Lipinski definition) is 1. The van der Waals surface area contributed by atoms with Crippen molar-refractivity contribution in [1.29, 1.82) is 0 Å². The van der Waals surface area contributed by atoms with Crippen molar-refractivity contribution in [2.45, 2.75) is 13.3 Å². The van der Waals surface area contributed by atoms with E-state index in [2.05, 4.69) is 6.92 Å². The van der Waals surface area contributed by atoms with Gasteiger partial charge >= 0.3 is 5.97 Å². The Kier molecular flexibility index (Phi) is 4.04. The summed E-state index contributed by atoms with van der Waals surface area (Å²) >= 11 is 1.32. The van der Waals surface area contributed by atoms with E-state index < -0.39 is 5.97 Å². The maximum absolute atomic E-state index is 12.2. The number of rotatable bonds is 5. The lowest BCUT2D eigenvalue weighted by atomic mass is 10.3. The highest BCUT2D eigenvalue weighted by molar-refractivity contribution is 7.14. The van der Waals surface area contributed by atoms with Gasteiger partial charge in [0.1, 0.15) is 0 Å². The SMILES string of the molecule is CC1CC1CN(C)C(=O)c1ccc(C=CC(=O)O)s1. The third-order valence-electron chi connectivity index (χ3n) is 3.36. The number of carboxylic acids is 1. The van der Waals surface area contributed by atoms with Crippen molar-refractivity contribution in [3.05, 3.63) is 28.0 Å². The fourth-order valence-electron chi connectivity index (χ4n) is 1.99. The summed E-state index contributed by atoms with van der Waals surface area (Å²) in [6.45, 7) is 3.00.